The van der Waals surface area contributed by atoms with Crippen LogP contribution in [0.2, 0.25) is 5.02 Å². The fourth-order valence-corrected chi connectivity index (χ4v) is 2.55. The molecule has 0 unspecified atom stereocenters. The summed E-state index contributed by atoms with van der Waals surface area (Å²) in [5, 5.41) is 5.68. The lowest BCUT2D eigenvalue weighted by atomic mass is 10.2. The number of aryl methyl sites for hydroxylation is 1. The Bertz CT molecular complexity index is 565. The van der Waals surface area contributed by atoms with Gasteiger partial charge in [-0.3, -0.25) is 9.59 Å². The zero-order valence-electron chi connectivity index (χ0n) is 12.4. The van der Waals surface area contributed by atoms with Crippen LogP contribution in [-0.4, -0.2) is 37.1 Å². The molecule has 7 heteroatoms. The van der Waals surface area contributed by atoms with Crippen LogP contribution in [0.15, 0.2) is 18.2 Å². The van der Waals surface area contributed by atoms with Crippen molar-refractivity contribution in [2.45, 2.75) is 32.0 Å². The van der Waals surface area contributed by atoms with Gasteiger partial charge in [0.05, 0.1) is 23.4 Å². The van der Waals surface area contributed by atoms with E-state index in [0.29, 0.717) is 23.7 Å². The number of rotatable bonds is 5. The van der Waals surface area contributed by atoms with Gasteiger partial charge in [0.1, 0.15) is 6.10 Å². The van der Waals surface area contributed by atoms with E-state index >= 15 is 0 Å². The highest BCUT2D eigenvalue weighted by atomic mass is 35.5. The maximum atomic E-state index is 11.9. The molecule has 1 aromatic carbocycles. The average Bonchev–Trinajstić information content (AvgIpc) is 2.97. The molecule has 6 nitrogen and oxygen atoms in total. The smallest absolute Gasteiger partial charge is 0.249 e. The maximum Gasteiger partial charge on any atom is 0.249 e. The number of nitrogens with one attached hydrogen (secondary N) is 2. The summed E-state index contributed by atoms with van der Waals surface area (Å²) in [6.07, 6.45) is 0.791. The Morgan fingerprint density at radius 1 is 1.41 bits per heavy atom. The zero-order valence-corrected chi connectivity index (χ0v) is 13.2. The van der Waals surface area contributed by atoms with E-state index in [1.54, 1.807) is 12.1 Å². The lowest BCUT2D eigenvalue weighted by molar-refractivity contribution is -0.133. The van der Waals surface area contributed by atoms with Gasteiger partial charge in [-0.15, -0.1) is 0 Å². The monoisotopic (exact) mass is 325 g/mol. The van der Waals surface area contributed by atoms with Crippen LogP contribution in [0, 0.1) is 6.92 Å². The molecule has 2 rings (SSSR count). The highest BCUT2D eigenvalue weighted by Gasteiger charge is 2.29. The van der Waals surface area contributed by atoms with Gasteiger partial charge in [0.15, 0.2) is 0 Å². The standard InChI is InChI=1S/C15H20ClN3O3/c1-9-2-4-12(11(16)6-9)19-14(20)8-18-15(21)13-5-3-10(7-17)22-13/h2,4,6,10,13H,3,5,7-8,17H2,1H3,(H,18,21)(H,19,20)/t10-,13+/m1/s1. The molecule has 0 aliphatic carbocycles. The molecule has 1 saturated heterocycles. The van der Waals surface area contributed by atoms with Crippen molar-refractivity contribution in [2.24, 2.45) is 5.73 Å². The lowest BCUT2D eigenvalue weighted by Crippen LogP contribution is -2.39. The third-order valence-corrected chi connectivity index (χ3v) is 3.80. The van der Waals surface area contributed by atoms with Gasteiger partial charge < -0.3 is 21.1 Å². The zero-order chi connectivity index (χ0) is 16.1. The van der Waals surface area contributed by atoms with E-state index in [9.17, 15) is 9.59 Å². The van der Waals surface area contributed by atoms with Crippen molar-refractivity contribution >= 4 is 29.1 Å². The van der Waals surface area contributed by atoms with Crippen molar-refractivity contribution in [3.05, 3.63) is 28.8 Å². The largest absolute Gasteiger partial charge is 0.364 e. The van der Waals surface area contributed by atoms with Gasteiger partial charge in [0.2, 0.25) is 11.8 Å². The summed E-state index contributed by atoms with van der Waals surface area (Å²) < 4.78 is 5.47. The molecule has 120 valence electrons. The lowest BCUT2D eigenvalue weighted by Gasteiger charge is -2.13. The Hall–Kier alpha value is -1.63. The number of hydrogen-bond donors (Lipinski definition) is 3. The second-order valence-electron chi connectivity index (χ2n) is 5.31. The summed E-state index contributed by atoms with van der Waals surface area (Å²) in [6, 6.07) is 5.33. The molecule has 1 heterocycles. The number of halogens is 1. The average molecular weight is 326 g/mol. The summed E-state index contributed by atoms with van der Waals surface area (Å²) in [5.74, 6) is -0.631. The fourth-order valence-electron chi connectivity index (χ4n) is 2.27. The Morgan fingerprint density at radius 3 is 2.82 bits per heavy atom. The van der Waals surface area contributed by atoms with Crippen LogP contribution in [-0.2, 0) is 14.3 Å². The molecule has 4 N–H and O–H groups in total. The van der Waals surface area contributed by atoms with E-state index in [0.717, 1.165) is 12.0 Å². The van der Waals surface area contributed by atoms with Crippen LogP contribution in [0.25, 0.3) is 0 Å². The predicted molar refractivity (Wildman–Crippen MR) is 84.8 cm³/mol. The molecule has 2 amide bonds. The van der Waals surface area contributed by atoms with Crippen LogP contribution in [0.3, 0.4) is 0 Å². The number of nitrogens with two attached hydrogens (primary N) is 1. The second kappa shape index (κ2) is 7.58. The van der Waals surface area contributed by atoms with E-state index < -0.39 is 6.10 Å². The summed E-state index contributed by atoms with van der Waals surface area (Å²) in [4.78, 5) is 23.7. The van der Waals surface area contributed by atoms with Crippen molar-refractivity contribution in [3.63, 3.8) is 0 Å². The first-order valence-corrected chi connectivity index (χ1v) is 7.56. The van der Waals surface area contributed by atoms with Gasteiger partial charge in [0.25, 0.3) is 0 Å². The van der Waals surface area contributed by atoms with Gasteiger partial charge in [-0.25, -0.2) is 0 Å². The van der Waals surface area contributed by atoms with Gasteiger partial charge in [0, 0.05) is 6.54 Å². The highest BCUT2D eigenvalue weighted by Crippen LogP contribution is 2.22. The Kier molecular flexibility index (Phi) is 5.76. The quantitative estimate of drug-likeness (QED) is 0.758. The van der Waals surface area contributed by atoms with Gasteiger partial charge >= 0.3 is 0 Å². The summed E-state index contributed by atoms with van der Waals surface area (Å²) in [7, 11) is 0. The minimum absolute atomic E-state index is 0.0732. The number of hydrogen-bond acceptors (Lipinski definition) is 4. The third kappa shape index (κ3) is 4.43. The van der Waals surface area contributed by atoms with Crippen molar-refractivity contribution in [2.75, 3.05) is 18.4 Å². The van der Waals surface area contributed by atoms with Crippen LogP contribution < -0.4 is 16.4 Å². The topological polar surface area (TPSA) is 93.5 Å². The number of amides is 2. The van der Waals surface area contributed by atoms with Crippen molar-refractivity contribution in [3.8, 4) is 0 Å². The van der Waals surface area contributed by atoms with Gasteiger partial charge in [-0.05, 0) is 37.5 Å². The Balaban J connectivity index is 1.79. The van der Waals surface area contributed by atoms with Crippen molar-refractivity contribution < 1.29 is 14.3 Å². The first kappa shape index (κ1) is 16.7. The van der Waals surface area contributed by atoms with E-state index in [1.165, 1.54) is 0 Å². The number of anilines is 1. The fraction of sp³-hybridized carbons (Fsp3) is 0.467. The molecule has 1 aliphatic heterocycles. The molecular formula is C15H20ClN3O3. The first-order valence-electron chi connectivity index (χ1n) is 7.19. The molecule has 0 aromatic heterocycles. The van der Waals surface area contributed by atoms with Crippen LogP contribution in [0.1, 0.15) is 18.4 Å². The maximum absolute atomic E-state index is 11.9. The summed E-state index contributed by atoms with van der Waals surface area (Å²) >= 11 is 6.04. The van der Waals surface area contributed by atoms with Gasteiger partial charge in [-0.2, -0.15) is 0 Å². The first-order chi connectivity index (χ1) is 10.5. The number of benzene rings is 1. The van der Waals surface area contributed by atoms with E-state index in [4.69, 9.17) is 22.1 Å². The van der Waals surface area contributed by atoms with Crippen molar-refractivity contribution in [1.82, 2.24) is 5.32 Å². The van der Waals surface area contributed by atoms with E-state index in [1.807, 2.05) is 13.0 Å². The third-order valence-electron chi connectivity index (χ3n) is 3.48. The van der Waals surface area contributed by atoms with Gasteiger partial charge in [-0.1, -0.05) is 17.7 Å². The molecular weight excluding hydrogens is 306 g/mol. The molecule has 2 atom stereocenters. The van der Waals surface area contributed by atoms with E-state index in [-0.39, 0.29) is 24.5 Å². The normalized spacial score (nSPS) is 20.7. The number of ether oxygens (including phenoxy) is 1. The molecule has 1 aromatic rings. The highest BCUT2D eigenvalue weighted by molar-refractivity contribution is 6.33. The van der Waals surface area contributed by atoms with E-state index in [2.05, 4.69) is 10.6 Å². The van der Waals surface area contributed by atoms with Crippen LogP contribution in [0.4, 0.5) is 5.69 Å². The molecule has 0 saturated carbocycles. The molecule has 0 spiro atoms. The number of carbonyl (C=O) groups is 2. The molecule has 0 bridgehead atoms. The van der Waals surface area contributed by atoms with Crippen LogP contribution >= 0.6 is 11.6 Å². The van der Waals surface area contributed by atoms with Crippen molar-refractivity contribution in [1.29, 1.82) is 0 Å². The molecule has 22 heavy (non-hydrogen) atoms. The molecule has 1 aliphatic rings. The SMILES string of the molecule is Cc1ccc(NC(=O)CNC(=O)[C@@H]2CC[C@H](CN)O2)c(Cl)c1. The minimum atomic E-state index is -0.524. The predicted octanol–water partition coefficient (Wildman–Crippen LogP) is 1.21. The number of carbonyl (C=O) groups excluding carboxylic acids is 2. The second-order valence-corrected chi connectivity index (χ2v) is 5.72. The Morgan fingerprint density at radius 2 is 2.18 bits per heavy atom. The summed E-state index contributed by atoms with van der Waals surface area (Å²) in [5.41, 5.74) is 7.02. The minimum Gasteiger partial charge on any atom is -0.364 e. The summed E-state index contributed by atoms with van der Waals surface area (Å²) in [6.45, 7) is 2.18. The molecule has 1 fully saturated rings. The molecule has 0 radical (unpaired) electrons. The van der Waals surface area contributed by atoms with Crippen LogP contribution in [0.5, 0.6) is 0 Å². The Labute approximate surface area is 134 Å².